The lowest BCUT2D eigenvalue weighted by atomic mass is 10.1. The Kier molecular flexibility index (Phi) is 6.70. The first-order chi connectivity index (χ1) is 16.5. The van der Waals surface area contributed by atoms with Crippen molar-refractivity contribution >= 4 is 40.9 Å². The van der Waals surface area contributed by atoms with Gasteiger partial charge in [-0.1, -0.05) is 41.4 Å². The van der Waals surface area contributed by atoms with E-state index >= 15 is 0 Å². The van der Waals surface area contributed by atoms with Gasteiger partial charge in [0.05, 0.1) is 28.2 Å². The van der Waals surface area contributed by atoms with Gasteiger partial charge in [-0.2, -0.15) is 18.3 Å². The Morgan fingerprint density at radius 3 is 2.40 bits per heavy atom. The fraction of sp³-hybridized carbons (Fsp3) is 0.261. The van der Waals surface area contributed by atoms with Gasteiger partial charge in [-0.25, -0.2) is 9.48 Å². The zero-order chi connectivity index (χ0) is 25.5. The summed E-state index contributed by atoms with van der Waals surface area (Å²) in [6, 6.07) is 9.95. The number of nitrogens with one attached hydrogen (secondary N) is 1. The summed E-state index contributed by atoms with van der Waals surface area (Å²) in [6.45, 7) is 2.33. The minimum Gasteiger partial charge on any atom is -0.478 e. The van der Waals surface area contributed by atoms with E-state index in [1.165, 1.54) is 28.9 Å². The summed E-state index contributed by atoms with van der Waals surface area (Å²) in [6.07, 6.45) is -4.84. The molecular formula is C23H19Cl2F3N4O3. The largest absolute Gasteiger partial charge is 0.478 e. The fourth-order valence-electron chi connectivity index (χ4n) is 3.94. The number of alkyl halides is 3. The van der Waals surface area contributed by atoms with Crippen LogP contribution in [0.1, 0.15) is 50.5 Å². The second kappa shape index (κ2) is 9.43. The molecule has 0 bridgehead atoms. The number of hydrogen-bond donors (Lipinski definition) is 2. The average Bonchev–Trinajstić information content (AvgIpc) is 3.36. The molecule has 2 N–H and O–H groups in total. The van der Waals surface area contributed by atoms with Crippen molar-refractivity contribution in [2.24, 2.45) is 0 Å². The first kappa shape index (κ1) is 24.9. The van der Waals surface area contributed by atoms with Crippen molar-refractivity contribution in [2.45, 2.75) is 32.2 Å². The molecule has 0 saturated heterocycles. The lowest BCUT2D eigenvalue weighted by molar-refractivity contribution is -0.141. The topological polar surface area (TPSA) is 87.5 Å². The molecule has 3 aromatic rings. The predicted octanol–water partition coefficient (Wildman–Crippen LogP) is 5.42. The number of rotatable bonds is 6. The molecule has 2 aromatic carbocycles. The van der Waals surface area contributed by atoms with Crippen molar-refractivity contribution in [3.05, 3.63) is 80.5 Å². The van der Waals surface area contributed by atoms with Gasteiger partial charge in [0.1, 0.15) is 11.4 Å². The lowest BCUT2D eigenvalue weighted by Gasteiger charge is -2.21. The van der Waals surface area contributed by atoms with Crippen LogP contribution in [0, 0.1) is 0 Å². The maximum Gasteiger partial charge on any atom is 0.436 e. The number of benzene rings is 2. The van der Waals surface area contributed by atoms with Gasteiger partial charge in [-0.05, 0) is 42.3 Å². The van der Waals surface area contributed by atoms with Gasteiger partial charge in [-0.3, -0.25) is 4.79 Å². The maximum absolute atomic E-state index is 13.8. The molecule has 1 aliphatic heterocycles. The van der Waals surface area contributed by atoms with Crippen molar-refractivity contribution in [3.63, 3.8) is 0 Å². The van der Waals surface area contributed by atoms with Crippen molar-refractivity contribution in [2.75, 3.05) is 11.4 Å². The standard InChI is InChI=1S/C23H19Cl2F3N4O3/c1-12(14-3-5-15(6-4-14)22(34)35)29-20(33)18-19(23(26,27)28)30-32-9-8-31(21(18)32)11-13-2-7-16(24)17(25)10-13/h2-7,10,12H,8-9,11H2,1H3,(H,29,33)(H,34,35). The Bertz CT molecular complexity index is 1290. The van der Waals surface area contributed by atoms with Gasteiger partial charge >= 0.3 is 12.1 Å². The molecule has 2 heterocycles. The molecule has 0 saturated carbocycles. The van der Waals surface area contributed by atoms with Crippen molar-refractivity contribution in [1.29, 1.82) is 0 Å². The molecule has 35 heavy (non-hydrogen) atoms. The van der Waals surface area contributed by atoms with Crippen LogP contribution in [0.25, 0.3) is 0 Å². The second-order valence-corrected chi connectivity index (χ2v) is 8.87. The Hall–Kier alpha value is -3.24. The number of hydrogen-bond acceptors (Lipinski definition) is 4. The number of aromatic nitrogens is 2. The number of amides is 1. The molecule has 0 spiro atoms. The Morgan fingerprint density at radius 2 is 1.80 bits per heavy atom. The highest BCUT2D eigenvalue weighted by Gasteiger charge is 2.44. The highest BCUT2D eigenvalue weighted by Crippen LogP contribution is 2.39. The van der Waals surface area contributed by atoms with Gasteiger partial charge in [-0.15, -0.1) is 0 Å². The average molecular weight is 527 g/mol. The molecule has 1 aromatic heterocycles. The molecule has 1 amide bonds. The summed E-state index contributed by atoms with van der Waals surface area (Å²) in [5.74, 6) is -1.98. The quantitative estimate of drug-likeness (QED) is 0.447. The van der Waals surface area contributed by atoms with Crippen LogP contribution in [0.3, 0.4) is 0 Å². The number of carboxylic acids is 1. The van der Waals surface area contributed by atoms with Crippen LogP contribution < -0.4 is 10.2 Å². The third kappa shape index (κ3) is 5.08. The van der Waals surface area contributed by atoms with E-state index < -0.39 is 35.4 Å². The van der Waals surface area contributed by atoms with E-state index in [0.29, 0.717) is 27.7 Å². The van der Waals surface area contributed by atoms with E-state index in [1.54, 1.807) is 30.0 Å². The van der Waals surface area contributed by atoms with Gasteiger partial charge in [0, 0.05) is 13.1 Å². The fourth-order valence-corrected chi connectivity index (χ4v) is 4.26. The number of carbonyl (C=O) groups is 2. The molecule has 0 radical (unpaired) electrons. The van der Waals surface area contributed by atoms with E-state index in [1.807, 2.05) is 0 Å². The number of fused-ring (bicyclic) bond motifs is 1. The lowest BCUT2D eigenvalue weighted by Crippen LogP contribution is -2.31. The maximum atomic E-state index is 13.8. The third-order valence-electron chi connectivity index (χ3n) is 5.67. The molecular weight excluding hydrogens is 508 g/mol. The number of nitrogens with zero attached hydrogens (tertiary/aromatic N) is 3. The number of carboxylic acid groups (broad SMARTS) is 1. The van der Waals surface area contributed by atoms with E-state index in [0.717, 1.165) is 0 Å². The Morgan fingerprint density at radius 1 is 1.11 bits per heavy atom. The Labute approximate surface area is 208 Å². The van der Waals surface area contributed by atoms with Crippen LogP contribution in [0.5, 0.6) is 0 Å². The van der Waals surface area contributed by atoms with E-state index in [9.17, 15) is 22.8 Å². The van der Waals surface area contributed by atoms with Crippen molar-refractivity contribution < 1.29 is 27.9 Å². The normalized spacial score (nSPS) is 14.1. The molecule has 0 fully saturated rings. The first-order valence-corrected chi connectivity index (χ1v) is 11.2. The summed E-state index contributed by atoms with van der Waals surface area (Å²) in [5, 5.41) is 16.0. The van der Waals surface area contributed by atoms with Crippen molar-refractivity contribution in [3.8, 4) is 0 Å². The van der Waals surface area contributed by atoms with Crippen LogP contribution in [0.2, 0.25) is 10.0 Å². The number of halogens is 5. The molecule has 184 valence electrons. The third-order valence-corrected chi connectivity index (χ3v) is 6.40. The van der Waals surface area contributed by atoms with E-state index in [-0.39, 0.29) is 24.5 Å². The zero-order valence-electron chi connectivity index (χ0n) is 18.2. The number of anilines is 1. The van der Waals surface area contributed by atoms with Crippen LogP contribution in [0.15, 0.2) is 42.5 Å². The number of carbonyl (C=O) groups excluding carboxylic acids is 1. The predicted molar refractivity (Wildman–Crippen MR) is 124 cm³/mol. The van der Waals surface area contributed by atoms with Gasteiger partial charge in [0.15, 0.2) is 5.69 Å². The summed E-state index contributed by atoms with van der Waals surface area (Å²) < 4.78 is 42.7. The van der Waals surface area contributed by atoms with Gasteiger partial charge in [0.2, 0.25) is 0 Å². The second-order valence-electron chi connectivity index (χ2n) is 8.06. The minimum atomic E-state index is -4.84. The van der Waals surface area contributed by atoms with Gasteiger partial charge < -0.3 is 15.3 Å². The highest BCUT2D eigenvalue weighted by molar-refractivity contribution is 6.42. The van der Waals surface area contributed by atoms with Crippen LogP contribution in [-0.2, 0) is 19.3 Å². The monoisotopic (exact) mass is 526 g/mol. The molecule has 12 heteroatoms. The molecule has 1 unspecified atom stereocenters. The summed E-state index contributed by atoms with van der Waals surface area (Å²) in [4.78, 5) is 25.9. The van der Waals surface area contributed by atoms with E-state index in [2.05, 4.69) is 10.4 Å². The summed E-state index contributed by atoms with van der Waals surface area (Å²) in [7, 11) is 0. The summed E-state index contributed by atoms with van der Waals surface area (Å²) in [5.41, 5.74) is -0.533. The molecule has 7 nitrogen and oxygen atoms in total. The molecule has 1 atom stereocenters. The van der Waals surface area contributed by atoms with E-state index in [4.69, 9.17) is 28.3 Å². The van der Waals surface area contributed by atoms with Gasteiger partial charge in [0.25, 0.3) is 5.91 Å². The molecule has 4 rings (SSSR count). The van der Waals surface area contributed by atoms with Crippen LogP contribution in [-0.4, -0.2) is 33.3 Å². The zero-order valence-corrected chi connectivity index (χ0v) is 19.7. The highest BCUT2D eigenvalue weighted by atomic mass is 35.5. The molecule has 0 aliphatic carbocycles. The van der Waals surface area contributed by atoms with Crippen LogP contribution >= 0.6 is 23.2 Å². The number of aromatic carboxylic acids is 1. The van der Waals surface area contributed by atoms with Crippen molar-refractivity contribution in [1.82, 2.24) is 15.1 Å². The minimum absolute atomic E-state index is 0.0547. The summed E-state index contributed by atoms with van der Waals surface area (Å²) >= 11 is 12.0. The molecule has 1 aliphatic rings. The first-order valence-electron chi connectivity index (χ1n) is 10.5. The SMILES string of the molecule is CC(NC(=O)c1c(C(F)(F)F)nn2c1N(Cc1ccc(Cl)c(Cl)c1)CC2)c1ccc(C(=O)O)cc1. The smallest absolute Gasteiger partial charge is 0.436 e. The Balaban J connectivity index is 1.65. The van der Waals surface area contributed by atoms with Crippen LogP contribution in [0.4, 0.5) is 19.0 Å².